The maximum Gasteiger partial charge on any atom is 0.146 e. The predicted molar refractivity (Wildman–Crippen MR) is 97.0 cm³/mol. The van der Waals surface area contributed by atoms with Crippen LogP contribution in [0.1, 0.15) is 16.7 Å². The molecule has 3 aromatic rings. The molecule has 2 aromatic carbocycles. The summed E-state index contributed by atoms with van der Waals surface area (Å²) in [5.41, 5.74) is 8.09. The van der Waals surface area contributed by atoms with Crippen LogP contribution in [0.15, 0.2) is 48.5 Å². The lowest BCUT2D eigenvalue weighted by atomic mass is 9.91. The number of hydrogen-bond donors (Lipinski definition) is 2. The summed E-state index contributed by atoms with van der Waals surface area (Å²) in [5, 5.41) is 10.8. The molecule has 0 saturated heterocycles. The van der Waals surface area contributed by atoms with E-state index >= 15 is 4.39 Å². The van der Waals surface area contributed by atoms with Crippen LogP contribution in [-0.2, 0) is 6.54 Å². The zero-order valence-corrected chi connectivity index (χ0v) is 14.1. The van der Waals surface area contributed by atoms with Gasteiger partial charge in [0, 0.05) is 30.3 Å². The van der Waals surface area contributed by atoms with Gasteiger partial charge in [0.1, 0.15) is 23.3 Å². The summed E-state index contributed by atoms with van der Waals surface area (Å²) >= 11 is 0. The first-order chi connectivity index (χ1) is 13.0. The summed E-state index contributed by atoms with van der Waals surface area (Å²) in [4.78, 5) is 0. The van der Waals surface area contributed by atoms with Gasteiger partial charge in [-0.25, -0.2) is 13.2 Å². The van der Waals surface area contributed by atoms with Gasteiger partial charge in [-0.05, 0) is 47.0 Å². The van der Waals surface area contributed by atoms with Gasteiger partial charge in [0.15, 0.2) is 0 Å². The monoisotopic (exact) mass is 368 g/mol. The summed E-state index contributed by atoms with van der Waals surface area (Å²) in [6, 6.07) is 9.74. The first kappa shape index (κ1) is 17.2. The van der Waals surface area contributed by atoms with E-state index in [0.29, 0.717) is 34.5 Å². The van der Waals surface area contributed by atoms with E-state index in [1.165, 1.54) is 12.1 Å². The Hall–Kier alpha value is -3.19. The number of nitrogen functional groups attached to an aromatic ring is 1. The number of nitrogens with two attached hydrogens (primary N) is 1. The molecule has 4 nitrogen and oxygen atoms in total. The number of aromatic nitrogens is 2. The Kier molecular flexibility index (Phi) is 4.37. The Morgan fingerprint density at radius 3 is 2.33 bits per heavy atom. The summed E-state index contributed by atoms with van der Waals surface area (Å²) in [6.45, 7) is 0.716. The highest BCUT2D eigenvalue weighted by Crippen LogP contribution is 2.34. The number of fused-ring (bicyclic) bond motifs is 1. The van der Waals surface area contributed by atoms with Crippen LogP contribution in [0.25, 0.3) is 16.8 Å². The lowest BCUT2D eigenvalue weighted by Gasteiger charge is -2.15. The highest BCUT2D eigenvalue weighted by atomic mass is 19.1. The summed E-state index contributed by atoms with van der Waals surface area (Å²) in [6.07, 6.45) is 1.79. The van der Waals surface area contributed by atoms with E-state index in [9.17, 15) is 8.78 Å². The van der Waals surface area contributed by atoms with E-state index in [4.69, 9.17) is 5.73 Å². The Balaban J connectivity index is 1.86. The van der Waals surface area contributed by atoms with Gasteiger partial charge >= 0.3 is 0 Å². The van der Waals surface area contributed by atoms with E-state index in [2.05, 4.69) is 15.5 Å². The zero-order chi connectivity index (χ0) is 19.0. The van der Waals surface area contributed by atoms with Crippen molar-refractivity contribution in [3.05, 3.63) is 82.7 Å². The third kappa shape index (κ3) is 3.29. The van der Waals surface area contributed by atoms with E-state index in [-0.39, 0.29) is 17.9 Å². The summed E-state index contributed by atoms with van der Waals surface area (Å²) < 4.78 is 42.6. The molecule has 0 unspecified atom stereocenters. The van der Waals surface area contributed by atoms with E-state index < -0.39 is 17.5 Å². The minimum Gasteiger partial charge on any atom is -0.382 e. The van der Waals surface area contributed by atoms with Gasteiger partial charge in [0.25, 0.3) is 0 Å². The van der Waals surface area contributed by atoms with E-state index in [0.717, 1.165) is 6.07 Å². The molecule has 0 radical (unpaired) electrons. The van der Waals surface area contributed by atoms with Crippen molar-refractivity contribution in [2.75, 3.05) is 12.3 Å². The van der Waals surface area contributed by atoms with Crippen molar-refractivity contribution < 1.29 is 13.2 Å². The normalized spacial score (nSPS) is 13.7. The highest BCUT2D eigenvalue weighted by molar-refractivity contribution is 5.83. The van der Waals surface area contributed by atoms with Gasteiger partial charge in [-0.2, -0.15) is 0 Å². The fraction of sp³-hybridized carbons (Fsp3) is 0.100. The fourth-order valence-electron chi connectivity index (χ4n) is 3.19. The third-order valence-electron chi connectivity index (χ3n) is 4.42. The standard InChI is InChI=1S/C20H15F3N4/c21-12-7-11(8-13(22)9-12)14-5-6-25-10-17-15(14)1-2-16(20(17)23)18-3-4-19(24)27-26-18/h1-5,7-9,25H,6,10H2,(H2,24,27). The van der Waals surface area contributed by atoms with Crippen LogP contribution in [0.5, 0.6) is 0 Å². The van der Waals surface area contributed by atoms with Crippen molar-refractivity contribution in [2.45, 2.75) is 6.54 Å². The fourth-order valence-corrected chi connectivity index (χ4v) is 3.19. The summed E-state index contributed by atoms with van der Waals surface area (Å²) in [5.74, 6) is -1.57. The molecule has 4 rings (SSSR count). The predicted octanol–water partition coefficient (Wildman–Crippen LogP) is 3.68. The molecule has 0 atom stereocenters. The van der Waals surface area contributed by atoms with Crippen LogP contribution in [-0.4, -0.2) is 16.7 Å². The Bertz CT molecular complexity index is 1030. The zero-order valence-electron chi connectivity index (χ0n) is 14.1. The number of anilines is 1. The molecule has 7 heteroatoms. The molecule has 0 aliphatic carbocycles. The highest BCUT2D eigenvalue weighted by Gasteiger charge is 2.21. The smallest absolute Gasteiger partial charge is 0.146 e. The number of benzene rings is 2. The Labute approximate surface area is 153 Å². The summed E-state index contributed by atoms with van der Waals surface area (Å²) in [7, 11) is 0. The number of nitrogens with zero attached hydrogens (tertiary/aromatic N) is 2. The molecule has 0 fully saturated rings. The van der Waals surface area contributed by atoms with Crippen molar-refractivity contribution in [1.82, 2.24) is 15.5 Å². The molecule has 0 saturated carbocycles. The molecule has 1 aliphatic heterocycles. The first-order valence-electron chi connectivity index (χ1n) is 8.31. The molecular formula is C20H15F3N4. The second kappa shape index (κ2) is 6.85. The average Bonchev–Trinajstić information content (AvgIpc) is 2.85. The molecule has 0 bridgehead atoms. The van der Waals surface area contributed by atoms with E-state index in [1.54, 1.807) is 30.3 Å². The second-order valence-corrected chi connectivity index (χ2v) is 6.20. The maximum absolute atomic E-state index is 15.3. The number of nitrogens with one attached hydrogen (secondary N) is 1. The van der Waals surface area contributed by atoms with Crippen molar-refractivity contribution >= 4 is 11.4 Å². The minimum atomic E-state index is -0.682. The molecule has 3 N–H and O–H groups in total. The molecule has 136 valence electrons. The van der Waals surface area contributed by atoms with Gasteiger partial charge in [-0.15, -0.1) is 10.2 Å². The molecule has 0 amide bonds. The van der Waals surface area contributed by atoms with Crippen LogP contribution in [0.3, 0.4) is 0 Å². The maximum atomic E-state index is 15.3. The molecule has 27 heavy (non-hydrogen) atoms. The lowest BCUT2D eigenvalue weighted by Crippen LogP contribution is -2.13. The number of hydrogen-bond acceptors (Lipinski definition) is 4. The molecule has 2 heterocycles. The average molecular weight is 368 g/mol. The van der Waals surface area contributed by atoms with Gasteiger partial charge in [0.2, 0.25) is 0 Å². The van der Waals surface area contributed by atoms with Gasteiger partial charge in [-0.3, -0.25) is 0 Å². The van der Waals surface area contributed by atoms with Gasteiger partial charge < -0.3 is 11.1 Å². The van der Waals surface area contributed by atoms with Crippen LogP contribution < -0.4 is 11.1 Å². The topological polar surface area (TPSA) is 63.8 Å². The van der Waals surface area contributed by atoms with Gasteiger partial charge in [-0.1, -0.05) is 12.1 Å². The van der Waals surface area contributed by atoms with Crippen LogP contribution in [0.2, 0.25) is 0 Å². The van der Waals surface area contributed by atoms with Gasteiger partial charge in [0.05, 0.1) is 5.69 Å². The Morgan fingerprint density at radius 1 is 0.889 bits per heavy atom. The van der Waals surface area contributed by atoms with Crippen LogP contribution in [0, 0.1) is 17.5 Å². The minimum absolute atomic E-state index is 0.244. The molecule has 1 aliphatic rings. The third-order valence-corrected chi connectivity index (χ3v) is 4.42. The quantitative estimate of drug-likeness (QED) is 0.724. The SMILES string of the molecule is Nc1ccc(-c2ccc3c(c2F)CNCC=C3c2cc(F)cc(F)c2)nn1. The lowest BCUT2D eigenvalue weighted by molar-refractivity contribution is 0.582. The first-order valence-corrected chi connectivity index (χ1v) is 8.31. The van der Waals surface area contributed by atoms with Crippen LogP contribution >= 0.6 is 0 Å². The van der Waals surface area contributed by atoms with Crippen LogP contribution in [0.4, 0.5) is 19.0 Å². The Morgan fingerprint density at radius 2 is 1.63 bits per heavy atom. The molecule has 0 spiro atoms. The van der Waals surface area contributed by atoms with Crippen molar-refractivity contribution in [3.8, 4) is 11.3 Å². The van der Waals surface area contributed by atoms with Crippen molar-refractivity contribution in [1.29, 1.82) is 0 Å². The molecular weight excluding hydrogens is 353 g/mol. The van der Waals surface area contributed by atoms with Crippen molar-refractivity contribution in [2.24, 2.45) is 0 Å². The van der Waals surface area contributed by atoms with E-state index in [1.807, 2.05) is 0 Å². The molecule has 1 aromatic heterocycles. The van der Waals surface area contributed by atoms with Crippen molar-refractivity contribution in [3.63, 3.8) is 0 Å². The second-order valence-electron chi connectivity index (χ2n) is 6.20. The number of rotatable bonds is 2. The number of halogens is 3. The largest absolute Gasteiger partial charge is 0.382 e.